The topological polar surface area (TPSA) is 64.2 Å². The molecule has 5 heteroatoms. The molecule has 0 aliphatic heterocycles. The van der Waals surface area contributed by atoms with Gasteiger partial charge in [0.2, 0.25) is 0 Å². The van der Waals surface area contributed by atoms with Gasteiger partial charge in [0.15, 0.2) is 5.78 Å². The summed E-state index contributed by atoms with van der Waals surface area (Å²) >= 11 is 0. The number of aromatic amines is 1. The van der Waals surface area contributed by atoms with Crippen LogP contribution in [0.25, 0.3) is 21.8 Å². The van der Waals surface area contributed by atoms with E-state index < -0.39 is 0 Å². The Hall–Kier alpha value is -3.18. The minimum absolute atomic E-state index is 0.0743. The molecule has 0 aliphatic carbocycles. The van der Waals surface area contributed by atoms with Gasteiger partial charge < -0.3 is 14.5 Å². The van der Waals surface area contributed by atoms with Gasteiger partial charge in [-0.2, -0.15) is 0 Å². The first-order valence-corrected chi connectivity index (χ1v) is 8.77. The second kappa shape index (κ2) is 7.21. The number of methoxy groups -OCH3 is 1. The predicted molar refractivity (Wildman–Crippen MR) is 105 cm³/mol. The number of fused-ring (bicyclic) bond motifs is 3. The average Bonchev–Trinajstić information content (AvgIpc) is 3.05. The van der Waals surface area contributed by atoms with Crippen LogP contribution < -0.4 is 4.74 Å². The maximum atomic E-state index is 12.0. The van der Waals surface area contributed by atoms with Crippen molar-refractivity contribution in [2.45, 2.75) is 20.1 Å². The Kier molecular flexibility index (Phi) is 4.60. The zero-order valence-corrected chi connectivity index (χ0v) is 15.3. The number of nitrogens with one attached hydrogen (secondary N) is 1. The van der Waals surface area contributed by atoms with E-state index in [1.54, 1.807) is 13.3 Å². The maximum Gasteiger partial charge on any atom is 0.178 e. The van der Waals surface area contributed by atoms with Crippen LogP contribution in [-0.4, -0.2) is 22.9 Å². The number of hydrogen-bond acceptors (Lipinski definition) is 4. The van der Waals surface area contributed by atoms with Gasteiger partial charge in [0.1, 0.15) is 18.1 Å². The number of nitrogens with zero attached hydrogens (tertiary/aromatic N) is 1. The van der Waals surface area contributed by atoms with Gasteiger partial charge in [-0.05, 0) is 23.8 Å². The summed E-state index contributed by atoms with van der Waals surface area (Å²) in [6, 6.07) is 16.0. The maximum absolute atomic E-state index is 12.0. The molecular weight excluding hydrogens is 340 g/mol. The Morgan fingerprint density at radius 1 is 1.07 bits per heavy atom. The van der Waals surface area contributed by atoms with Crippen LogP contribution in [0.3, 0.4) is 0 Å². The quantitative estimate of drug-likeness (QED) is 0.509. The highest BCUT2D eigenvalue weighted by atomic mass is 16.5. The fourth-order valence-corrected chi connectivity index (χ4v) is 3.36. The summed E-state index contributed by atoms with van der Waals surface area (Å²) in [6.07, 6.45) is 1.70. The van der Waals surface area contributed by atoms with Crippen LogP contribution >= 0.6 is 0 Å². The summed E-state index contributed by atoms with van der Waals surface area (Å²) in [5.74, 6) is 0.701. The van der Waals surface area contributed by atoms with Crippen LogP contribution in [0, 0.1) is 0 Å². The van der Waals surface area contributed by atoms with E-state index in [0.29, 0.717) is 18.9 Å². The molecule has 0 atom stereocenters. The molecule has 4 rings (SSSR count). The number of rotatable bonds is 6. The third-order valence-corrected chi connectivity index (χ3v) is 4.58. The number of pyridine rings is 1. The predicted octanol–water partition coefficient (Wildman–Crippen LogP) is 4.64. The molecule has 0 fully saturated rings. The molecule has 136 valence electrons. The number of ketones is 1. The number of H-pyrrole nitrogens is 1. The minimum Gasteiger partial charge on any atom is -0.489 e. The van der Waals surface area contributed by atoms with E-state index in [-0.39, 0.29) is 5.78 Å². The minimum atomic E-state index is -0.0743. The average molecular weight is 360 g/mol. The van der Waals surface area contributed by atoms with E-state index >= 15 is 0 Å². The van der Waals surface area contributed by atoms with Crippen LogP contribution in [0.4, 0.5) is 0 Å². The standard InChI is InChI=1S/C22H20N2O3/c1-14(25)22-18(13-26-2)21-17-10-16(27-12-15-6-4-3-5-7-15)8-9-19(17)24-20(21)11-23-22/h3-11,24H,12-13H2,1-2H3. The van der Waals surface area contributed by atoms with Gasteiger partial charge in [-0.15, -0.1) is 0 Å². The Morgan fingerprint density at radius 2 is 1.89 bits per heavy atom. The van der Waals surface area contributed by atoms with E-state index in [2.05, 4.69) is 9.97 Å². The van der Waals surface area contributed by atoms with E-state index in [4.69, 9.17) is 9.47 Å². The highest BCUT2D eigenvalue weighted by Crippen LogP contribution is 2.32. The van der Waals surface area contributed by atoms with Gasteiger partial charge in [-0.25, -0.2) is 0 Å². The van der Waals surface area contributed by atoms with Crippen molar-refractivity contribution in [2.24, 2.45) is 0 Å². The molecule has 5 nitrogen and oxygen atoms in total. The molecule has 0 aliphatic rings. The zero-order valence-electron chi connectivity index (χ0n) is 15.3. The summed E-state index contributed by atoms with van der Waals surface area (Å²) in [6.45, 7) is 2.35. The zero-order chi connectivity index (χ0) is 18.8. The molecule has 0 amide bonds. The van der Waals surface area contributed by atoms with Crippen LogP contribution in [0.1, 0.15) is 28.5 Å². The number of carbonyl (C=O) groups is 1. The van der Waals surface area contributed by atoms with E-state index in [1.807, 2.05) is 48.5 Å². The lowest BCUT2D eigenvalue weighted by Crippen LogP contribution is -2.04. The fraction of sp³-hybridized carbons (Fsp3) is 0.182. The van der Waals surface area contributed by atoms with E-state index in [0.717, 1.165) is 38.7 Å². The number of carbonyl (C=O) groups excluding carboxylic acids is 1. The molecule has 0 radical (unpaired) electrons. The number of hydrogen-bond donors (Lipinski definition) is 1. The second-order valence-electron chi connectivity index (χ2n) is 6.47. The number of ether oxygens (including phenoxy) is 2. The third-order valence-electron chi connectivity index (χ3n) is 4.58. The molecule has 4 aromatic rings. The summed E-state index contributed by atoms with van der Waals surface area (Å²) in [5, 5.41) is 1.95. The highest BCUT2D eigenvalue weighted by molar-refractivity contribution is 6.11. The highest BCUT2D eigenvalue weighted by Gasteiger charge is 2.17. The Morgan fingerprint density at radius 3 is 2.63 bits per heavy atom. The van der Waals surface area contributed by atoms with Gasteiger partial charge in [-0.1, -0.05) is 30.3 Å². The summed E-state index contributed by atoms with van der Waals surface area (Å²) in [7, 11) is 1.62. The van der Waals surface area contributed by atoms with Crippen LogP contribution in [0.2, 0.25) is 0 Å². The largest absolute Gasteiger partial charge is 0.489 e. The first kappa shape index (κ1) is 17.2. The normalized spacial score (nSPS) is 11.2. The van der Waals surface area contributed by atoms with Crippen molar-refractivity contribution >= 4 is 27.6 Å². The van der Waals surface area contributed by atoms with Crippen LogP contribution in [-0.2, 0) is 18.0 Å². The molecule has 2 aromatic carbocycles. The molecule has 0 unspecified atom stereocenters. The molecule has 0 bridgehead atoms. The van der Waals surface area contributed by atoms with Crippen LogP contribution in [0.15, 0.2) is 54.7 Å². The van der Waals surface area contributed by atoms with E-state index in [9.17, 15) is 4.79 Å². The molecule has 0 saturated heterocycles. The molecule has 2 aromatic heterocycles. The van der Waals surface area contributed by atoms with Crippen molar-refractivity contribution in [3.8, 4) is 5.75 Å². The molecule has 0 saturated carbocycles. The second-order valence-corrected chi connectivity index (χ2v) is 6.47. The van der Waals surface area contributed by atoms with E-state index in [1.165, 1.54) is 6.92 Å². The third kappa shape index (κ3) is 3.29. The SMILES string of the molecule is COCc1c(C(C)=O)ncc2[nH]c3ccc(OCc4ccccc4)cc3c12. The van der Waals surface area contributed by atoms with Gasteiger partial charge >= 0.3 is 0 Å². The lowest BCUT2D eigenvalue weighted by Gasteiger charge is -2.09. The molecular formula is C22H20N2O3. The number of Topliss-reactive ketones (excluding diaryl/α,β-unsaturated/α-hetero) is 1. The van der Waals surface area contributed by atoms with Crippen molar-refractivity contribution < 1.29 is 14.3 Å². The van der Waals surface area contributed by atoms with Gasteiger partial charge in [-0.3, -0.25) is 9.78 Å². The van der Waals surface area contributed by atoms with Crippen molar-refractivity contribution in [3.05, 3.63) is 71.5 Å². The first-order chi connectivity index (χ1) is 13.2. The first-order valence-electron chi connectivity index (χ1n) is 8.77. The molecule has 1 N–H and O–H groups in total. The van der Waals surface area contributed by atoms with Gasteiger partial charge in [0.05, 0.1) is 18.3 Å². The van der Waals surface area contributed by atoms with Crippen molar-refractivity contribution in [3.63, 3.8) is 0 Å². The molecule has 27 heavy (non-hydrogen) atoms. The fourth-order valence-electron chi connectivity index (χ4n) is 3.36. The number of benzene rings is 2. The van der Waals surface area contributed by atoms with Crippen molar-refractivity contribution in [2.75, 3.05) is 7.11 Å². The van der Waals surface area contributed by atoms with Crippen LogP contribution in [0.5, 0.6) is 5.75 Å². The Bertz CT molecular complexity index is 1120. The lowest BCUT2D eigenvalue weighted by atomic mass is 10.0. The summed E-state index contributed by atoms with van der Waals surface area (Å²) < 4.78 is 11.3. The Balaban J connectivity index is 1.80. The van der Waals surface area contributed by atoms with Crippen molar-refractivity contribution in [1.29, 1.82) is 0 Å². The van der Waals surface area contributed by atoms with Gasteiger partial charge in [0.25, 0.3) is 0 Å². The molecule has 2 heterocycles. The smallest absolute Gasteiger partial charge is 0.178 e. The lowest BCUT2D eigenvalue weighted by molar-refractivity contribution is 0.100. The molecule has 0 spiro atoms. The monoisotopic (exact) mass is 360 g/mol. The van der Waals surface area contributed by atoms with Crippen molar-refractivity contribution in [1.82, 2.24) is 9.97 Å². The Labute approximate surface area is 156 Å². The number of aromatic nitrogens is 2. The summed E-state index contributed by atoms with van der Waals surface area (Å²) in [5.41, 5.74) is 4.20. The summed E-state index contributed by atoms with van der Waals surface area (Å²) in [4.78, 5) is 19.7. The van der Waals surface area contributed by atoms with Gasteiger partial charge in [0, 0.05) is 35.9 Å².